The van der Waals surface area contributed by atoms with Gasteiger partial charge in [-0.25, -0.2) is 9.18 Å². The third-order valence-electron chi connectivity index (χ3n) is 3.31. The SMILES string of the molecule is O=C(CNC(=O)NCc1ccccc1)Nc1cc(F)ccc1OCC(F)(F)F. The molecule has 0 aromatic heterocycles. The highest BCUT2D eigenvalue weighted by atomic mass is 19.4. The molecule has 0 fully saturated rings. The van der Waals surface area contributed by atoms with Crippen molar-refractivity contribution in [2.24, 2.45) is 0 Å². The van der Waals surface area contributed by atoms with Crippen molar-refractivity contribution in [3.63, 3.8) is 0 Å². The number of hydrogen-bond acceptors (Lipinski definition) is 3. The molecule has 0 aliphatic carbocycles. The molecule has 0 radical (unpaired) electrons. The van der Waals surface area contributed by atoms with Crippen LogP contribution in [0.2, 0.25) is 0 Å². The van der Waals surface area contributed by atoms with Gasteiger partial charge in [0.05, 0.1) is 12.2 Å². The van der Waals surface area contributed by atoms with Crippen molar-refractivity contribution in [1.82, 2.24) is 10.6 Å². The normalized spacial score (nSPS) is 10.9. The predicted octanol–water partition coefficient (Wildman–Crippen LogP) is 3.20. The first kappa shape index (κ1) is 21.0. The zero-order chi connectivity index (χ0) is 20.6. The highest BCUT2D eigenvalue weighted by molar-refractivity contribution is 5.95. The van der Waals surface area contributed by atoms with Crippen LogP contribution in [0.3, 0.4) is 0 Å². The molecule has 0 saturated heterocycles. The second-order valence-electron chi connectivity index (χ2n) is 5.61. The number of hydrogen-bond donors (Lipinski definition) is 3. The van der Waals surface area contributed by atoms with Crippen LogP contribution < -0.4 is 20.7 Å². The van der Waals surface area contributed by atoms with Crippen LogP contribution in [0.5, 0.6) is 5.75 Å². The van der Waals surface area contributed by atoms with E-state index in [-0.39, 0.29) is 18.0 Å². The van der Waals surface area contributed by atoms with Gasteiger partial charge in [-0.2, -0.15) is 13.2 Å². The number of ether oxygens (including phenoxy) is 1. The Balaban J connectivity index is 1.84. The molecule has 3 amide bonds. The van der Waals surface area contributed by atoms with Gasteiger partial charge < -0.3 is 20.7 Å². The van der Waals surface area contributed by atoms with Crippen LogP contribution in [0.15, 0.2) is 48.5 Å². The van der Waals surface area contributed by atoms with Gasteiger partial charge in [-0.15, -0.1) is 0 Å². The molecule has 0 saturated carbocycles. The fourth-order valence-electron chi connectivity index (χ4n) is 2.08. The summed E-state index contributed by atoms with van der Waals surface area (Å²) in [6, 6.07) is 11.1. The molecular formula is C18H17F4N3O3. The van der Waals surface area contributed by atoms with Crippen molar-refractivity contribution in [3.8, 4) is 5.75 Å². The lowest BCUT2D eigenvalue weighted by molar-refractivity contribution is -0.153. The zero-order valence-electron chi connectivity index (χ0n) is 14.5. The minimum Gasteiger partial charge on any atom is -0.482 e. The summed E-state index contributed by atoms with van der Waals surface area (Å²) in [6.45, 7) is -1.83. The summed E-state index contributed by atoms with van der Waals surface area (Å²) in [5.41, 5.74) is 0.578. The maximum absolute atomic E-state index is 13.3. The Hall–Kier alpha value is -3.30. The number of carbonyl (C=O) groups excluding carboxylic acids is 2. The molecule has 150 valence electrons. The number of amides is 3. The monoisotopic (exact) mass is 399 g/mol. The fraction of sp³-hybridized carbons (Fsp3) is 0.222. The molecule has 0 bridgehead atoms. The third kappa shape index (κ3) is 7.52. The van der Waals surface area contributed by atoms with Gasteiger partial charge in [0.1, 0.15) is 11.6 Å². The Kier molecular flexibility index (Phi) is 7.19. The van der Waals surface area contributed by atoms with Crippen LogP contribution in [0.1, 0.15) is 5.56 Å². The Morgan fingerprint density at radius 3 is 2.39 bits per heavy atom. The topological polar surface area (TPSA) is 79.5 Å². The molecule has 6 nitrogen and oxygen atoms in total. The summed E-state index contributed by atoms with van der Waals surface area (Å²) in [7, 11) is 0. The van der Waals surface area contributed by atoms with E-state index in [1.807, 2.05) is 6.07 Å². The fourth-order valence-corrected chi connectivity index (χ4v) is 2.08. The standard InChI is InChI=1S/C18H17F4N3O3/c19-13-6-7-15(28-11-18(20,21)22)14(8-13)25-16(26)10-24-17(27)23-9-12-4-2-1-3-5-12/h1-8H,9-11H2,(H,25,26)(H2,23,24,27). The lowest BCUT2D eigenvalue weighted by atomic mass is 10.2. The van der Waals surface area contributed by atoms with Crippen LogP contribution in [0, 0.1) is 5.82 Å². The van der Waals surface area contributed by atoms with Crippen molar-refractivity contribution in [1.29, 1.82) is 0 Å². The zero-order valence-corrected chi connectivity index (χ0v) is 14.5. The highest BCUT2D eigenvalue weighted by Crippen LogP contribution is 2.27. The Morgan fingerprint density at radius 2 is 1.71 bits per heavy atom. The lowest BCUT2D eigenvalue weighted by Gasteiger charge is -2.14. The second-order valence-corrected chi connectivity index (χ2v) is 5.61. The molecule has 0 atom stereocenters. The first-order chi connectivity index (χ1) is 13.2. The number of urea groups is 1. The summed E-state index contributed by atoms with van der Waals surface area (Å²) >= 11 is 0. The molecule has 0 aliphatic heterocycles. The van der Waals surface area contributed by atoms with Crippen molar-refractivity contribution in [3.05, 3.63) is 59.9 Å². The minimum atomic E-state index is -4.59. The van der Waals surface area contributed by atoms with Crippen molar-refractivity contribution in [2.75, 3.05) is 18.5 Å². The molecule has 2 aromatic carbocycles. The van der Waals surface area contributed by atoms with E-state index in [9.17, 15) is 27.2 Å². The Bertz CT molecular complexity index is 813. The van der Waals surface area contributed by atoms with Crippen LogP contribution in [0.4, 0.5) is 28.0 Å². The quantitative estimate of drug-likeness (QED) is 0.626. The van der Waals surface area contributed by atoms with Gasteiger partial charge in [-0.3, -0.25) is 4.79 Å². The van der Waals surface area contributed by atoms with E-state index in [0.29, 0.717) is 0 Å². The number of anilines is 1. The van der Waals surface area contributed by atoms with Gasteiger partial charge in [-0.05, 0) is 17.7 Å². The van der Waals surface area contributed by atoms with Crippen LogP contribution >= 0.6 is 0 Å². The largest absolute Gasteiger partial charge is 0.482 e. The van der Waals surface area contributed by atoms with E-state index in [1.165, 1.54) is 0 Å². The first-order valence-electron chi connectivity index (χ1n) is 8.07. The maximum atomic E-state index is 13.3. The lowest BCUT2D eigenvalue weighted by Crippen LogP contribution is -2.39. The molecule has 0 unspecified atom stereocenters. The molecule has 0 heterocycles. The van der Waals surface area contributed by atoms with Crippen molar-refractivity contribution in [2.45, 2.75) is 12.7 Å². The molecule has 2 aromatic rings. The molecule has 3 N–H and O–H groups in total. The molecule has 10 heteroatoms. The first-order valence-corrected chi connectivity index (χ1v) is 8.07. The van der Waals surface area contributed by atoms with Crippen molar-refractivity contribution >= 4 is 17.6 Å². The van der Waals surface area contributed by atoms with E-state index in [4.69, 9.17) is 0 Å². The molecule has 28 heavy (non-hydrogen) atoms. The molecular weight excluding hydrogens is 382 g/mol. The van der Waals surface area contributed by atoms with E-state index < -0.39 is 37.1 Å². The number of alkyl halides is 3. The van der Waals surface area contributed by atoms with Gasteiger partial charge >= 0.3 is 12.2 Å². The van der Waals surface area contributed by atoms with Gasteiger partial charge in [0.25, 0.3) is 0 Å². The molecule has 0 aliphatic rings. The Morgan fingerprint density at radius 1 is 1.00 bits per heavy atom. The van der Waals surface area contributed by atoms with Gasteiger partial charge in [0.2, 0.25) is 5.91 Å². The minimum absolute atomic E-state index is 0.244. The van der Waals surface area contributed by atoms with Gasteiger partial charge in [0.15, 0.2) is 6.61 Å². The van der Waals surface area contributed by atoms with Crippen LogP contribution in [0.25, 0.3) is 0 Å². The average molecular weight is 399 g/mol. The van der Waals surface area contributed by atoms with Crippen molar-refractivity contribution < 1.29 is 31.9 Å². The third-order valence-corrected chi connectivity index (χ3v) is 3.31. The molecule has 0 spiro atoms. The number of benzene rings is 2. The maximum Gasteiger partial charge on any atom is 0.422 e. The number of halogens is 4. The molecule has 2 rings (SSSR count). The Labute approximate surface area is 157 Å². The highest BCUT2D eigenvalue weighted by Gasteiger charge is 2.29. The summed E-state index contributed by atoms with van der Waals surface area (Å²) in [5, 5.41) is 7.03. The summed E-state index contributed by atoms with van der Waals surface area (Å²) < 4.78 is 54.7. The second kappa shape index (κ2) is 9.58. The smallest absolute Gasteiger partial charge is 0.422 e. The number of carbonyl (C=O) groups is 2. The predicted molar refractivity (Wildman–Crippen MR) is 93.3 cm³/mol. The average Bonchev–Trinajstić information content (AvgIpc) is 2.64. The summed E-state index contributed by atoms with van der Waals surface area (Å²) in [5.74, 6) is -1.89. The van der Waals surface area contributed by atoms with E-state index in [2.05, 4.69) is 20.7 Å². The van der Waals surface area contributed by atoms with Crippen LogP contribution in [-0.4, -0.2) is 31.3 Å². The van der Waals surface area contributed by atoms with E-state index >= 15 is 0 Å². The van der Waals surface area contributed by atoms with Gasteiger partial charge in [0, 0.05) is 12.6 Å². The number of rotatable bonds is 7. The van der Waals surface area contributed by atoms with E-state index in [0.717, 1.165) is 23.8 Å². The number of nitrogens with one attached hydrogen (secondary N) is 3. The van der Waals surface area contributed by atoms with E-state index in [1.54, 1.807) is 24.3 Å². The van der Waals surface area contributed by atoms with Gasteiger partial charge in [-0.1, -0.05) is 30.3 Å². The van der Waals surface area contributed by atoms with Crippen LogP contribution in [-0.2, 0) is 11.3 Å². The summed E-state index contributed by atoms with van der Waals surface area (Å²) in [4.78, 5) is 23.6. The summed E-state index contributed by atoms with van der Waals surface area (Å²) in [6.07, 6.45) is -4.59.